The van der Waals surface area contributed by atoms with Crippen molar-refractivity contribution in [2.45, 2.75) is 0 Å². The van der Waals surface area contributed by atoms with Gasteiger partial charge in [0, 0.05) is 33.5 Å². The minimum atomic E-state index is 0.572. The molecular formula is C55H36N4O. The molecule has 0 atom stereocenters. The Morgan fingerprint density at radius 3 is 1.47 bits per heavy atom. The smallest absolute Gasteiger partial charge is 0.164 e. The first-order valence-corrected chi connectivity index (χ1v) is 20.1. The first-order chi connectivity index (χ1) is 29.7. The second kappa shape index (κ2) is 15.0. The number of anilines is 3. The largest absolute Gasteiger partial charge is 0.456 e. The van der Waals surface area contributed by atoms with Gasteiger partial charge in [0.1, 0.15) is 11.2 Å². The van der Waals surface area contributed by atoms with E-state index in [4.69, 9.17) is 19.4 Å². The zero-order valence-corrected chi connectivity index (χ0v) is 32.5. The summed E-state index contributed by atoms with van der Waals surface area (Å²) < 4.78 is 6.69. The molecule has 0 bridgehead atoms. The minimum absolute atomic E-state index is 0.572. The second-order valence-corrected chi connectivity index (χ2v) is 14.9. The number of fused-ring (bicyclic) bond motifs is 4. The average Bonchev–Trinajstić information content (AvgIpc) is 3.71. The van der Waals surface area contributed by atoms with Crippen LogP contribution in [0.1, 0.15) is 0 Å². The van der Waals surface area contributed by atoms with Gasteiger partial charge in [-0.05, 0) is 87.6 Å². The van der Waals surface area contributed by atoms with Crippen molar-refractivity contribution in [3.8, 4) is 56.4 Å². The third-order valence-corrected chi connectivity index (χ3v) is 11.1. The normalized spacial score (nSPS) is 11.3. The fraction of sp³-hybridized carbons (Fsp3) is 0. The molecule has 5 heteroatoms. The van der Waals surface area contributed by atoms with Crippen LogP contribution in [0.4, 0.5) is 17.1 Å². The Hall–Kier alpha value is -8.15. The van der Waals surface area contributed by atoms with Crippen LogP contribution in [-0.2, 0) is 0 Å². The predicted octanol–water partition coefficient (Wildman–Crippen LogP) is 14.7. The number of aromatic nitrogens is 3. The summed E-state index contributed by atoms with van der Waals surface area (Å²) in [6.07, 6.45) is 0. The number of nitrogens with zero attached hydrogens (tertiary/aromatic N) is 4. The quantitative estimate of drug-likeness (QED) is 0.154. The van der Waals surface area contributed by atoms with Gasteiger partial charge in [0.05, 0.1) is 11.1 Å². The van der Waals surface area contributed by atoms with E-state index in [1.54, 1.807) is 0 Å². The van der Waals surface area contributed by atoms with Crippen LogP contribution in [0.3, 0.4) is 0 Å². The van der Waals surface area contributed by atoms with Crippen molar-refractivity contribution in [1.82, 2.24) is 15.0 Å². The monoisotopic (exact) mass is 768 g/mol. The molecule has 0 fully saturated rings. The van der Waals surface area contributed by atoms with Crippen LogP contribution >= 0.6 is 0 Å². The summed E-state index contributed by atoms with van der Waals surface area (Å²) >= 11 is 0. The van der Waals surface area contributed by atoms with E-state index < -0.39 is 0 Å². The molecule has 11 aromatic rings. The summed E-state index contributed by atoms with van der Waals surface area (Å²) in [5.74, 6) is 1.78. The number of hydrogen-bond donors (Lipinski definition) is 0. The number of furan rings is 1. The van der Waals surface area contributed by atoms with Crippen molar-refractivity contribution in [2.24, 2.45) is 0 Å². The van der Waals surface area contributed by atoms with Gasteiger partial charge < -0.3 is 9.32 Å². The van der Waals surface area contributed by atoms with Gasteiger partial charge in [0.15, 0.2) is 17.5 Å². The van der Waals surface area contributed by atoms with E-state index in [1.807, 2.05) is 24.3 Å². The molecule has 0 amide bonds. The van der Waals surface area contributed by atoms with Gasteiger partial charge in [0.2, 0.25) is 0 Å². The lowest BCUT2D eigenvalue weighted by atomic mass is 10.0. The van der Waals surface area contributed by atoms with E-state index in [2.05, 4.69) is 199 Å². The Morgan fingerprint density at radius 2 is 0.800 bits per heavy atom. The van der Waals surface area contributed by atoms with Crippen LogP contribution in [-0.4, -0.2) is 15.0 Å². The maximum Gasteiger partial charge on any atom is 0.164 e. The Kier molecular flexibility index (Phi) is 8.75. The molecule has 2 aromatic heterocycles. The van der Waals surface area contributed by atoms with E-state index in [1.165, 1.54) is 11.1 Å². The summed E-state index contributed by atoms with van der Waals surface area (Å²) in [5.41, 5.74) is 12.0. The maximum absolute atomic E-state index is 6.69. The van der Waals surface area contributed by atoms with Crippen molar-refractivity contribution in [3.05, 3.63) is 218 Å². The fourth-order valence-corrected chi connectivity index (χ4v) is 8.10. The van der Waals surface area contributed by atoms with E-state index in [0.717, 1.165) is 77.6 Å². The van der Waals surface area contributed by atoms with Gasteiger partial charge in [-0.2, -0.15) is 0 Å². The topological polar surface area (TPSA) is 55.1 Å². The third-order valence-electron chi connectivity index (χ3n) is 11.1. The number of hydrogen-bond acceptors (Lipinski definition) is 5. The Labute approximate surface area is 347 Å². The molecule has 0 spiro atoms. The van der Waals surface area contributed by atoms with Crippen LogP contribution in [0, 0.1) is 0 Å². The van der Waals surface area contributed by atoms with Gasteiger partial charge in [-0.1, -0.05) is 164 Å². The van der Waals surface area contributed by atoms with Crippen molar-refractivity contribution < 1.29 is 4.42 Å². The van der Waals surface area contributed by atoms with Crippen molar-refractivity contribution in [1.29, 1.82) is 0 Å². The Bertz CT molecular complexity index is 3290. The summed E-state index contributed by atoms with van der Waals surface area (Å²) in [4.78, 5) is 17.6. The van der Waals surface area contributed by atoms with Crippen LogP contribution in [0.25, 0.3) is 89.1 Å². The van der Waals surface area contributed by atoms with E-state index in [-0.39, 0.29) is 0 Å². The summed E-state index contributed by atoms with van der Waals surface area (Å²) in [6, 6.07) is 75.8. The van der Waals surface area contributed by atoms with Crippen LogP contribution < -0.4 is 4.90 Å². The van der Waals surface area contributed by atoms with Crippen LogP contribution in [0.2, 0.25) is 0 Å². The maximum atomic E-state index is 6.69. The summed E-state index contributed by atoms with van der Waals surface area (Å²) in [6.45, 7) is 0. The Balaban J connectivity index is 1.03. The molecule has 282 valence electrons. The van der Waals surface area contributed by atoms with E-state index in [0.29, 0.717) is 17.5 Å². The number of rotatable bonds is 8. The van der Waals surface area contributed by atoms with Crippen LogP contribution in [0.5, 0.6) is 0 Å². The highest BCUT2D eigenvalue weighted by atomic mass is 16.3. The standard InChI is InChI=1S/C55H36N4O/c1-4-13-37(14-5-1)40-23-26-42(27-24-40)53-56-54(44-28-25-39-17-10-11-18-43(39)35-44)58-55(57-53)45-31-34-48-51(36-45)60-50-22-12-21-49(52(48)50)59(46-19-8-3-9-20-46)47-32-29-41(30-33-47)38-15-6-2-7-16-38/h1-36H. The predicted molar refractivity (Wildman–Crippen MR) is 246 cm³/mol. The molecule has 0 saturated heterocycles. The summed E-state index contributed by atoms with van der Waals surface area (Å²) in [7, 11) is 0. The zero-order chi connectivity index (χ0) is 39.8. The van der Waals surface area contributed by atoms with Crippen molar-refractivity contribution in [3.63, 3.8) is 0 Å². The van der Waals surface area contributed by atoms with Crippen LogP contribution in [0.15, 0.2) is 223 Å². The van der Waals surface area contributed by atoms with Crippen molar-refractivity contribution in [2.75, 3.05) is 4.90 Å². The number of benzene rings is 9. The molecule has 11 rings (SSSR count). The molecule has 60 heavy (non-hydrogen) atoms. The molecule has 0 saturated carbocycles. The Morgan fingerprint density at radius 1 is 0.317 bits per heavy atom. The lowest BCUT2D eigenvalue weighted by Gasteiger charge is -2.26. The molecular weight excluding hydrogens is 733 g/mol. The van der Waals surface area contributed by atoms with Gasteiger partial charge >= 0.3 is 0 Å². The molecule has 5 nitrogen and oxygen atoms in total. The highest BCUT2D eigenvalue weighted by molar-refractivity contribution is 6.14. The number of para-hydroxylation sites is 1. The highest BCUT2D eigenvalue weighted by Gasteiger charge is 2.21. The lowest BCUT2D eigenvalue weighted by molar-refractivity contribution is 0.669. The molecule has 0 N–H and O–H groups in total. The molecule has 2 heterocycles. The van der Waals surface area contributed by atoms with E-state index in [9.17, 15) is 0 Å². The zero-order valence-electron chi connectivity index (χ0n) is 32.5. The van der Waals surface area contributed by atoms with Crippen molar-refractivity contribution >= 4 is 49.8 Å². The lowest BCUT2D eigenvalue weighted by Crippen LogP contribution is -2.10. The molecule has 0 aliphatic rings. The molecule has 0 aliphatic heterocycles. The summed E-state index contributed by atoms with van der Waals surface area (Å²) in [5, 5.41) is 4.33. The van der Waals surface area contributed by atoms with Gasteiger partial charge in [0.25, 0.3) is 0 Å². The second-order valence-electron chi connectivity index (χ2n) is 14.9. The molecule has 0 aliphatic carbocycles. The van der Waals surface area contributed by atoms with E-state index >= 15 is 0 Å². The van der Waals surface area contributed by atoms with Gasteiger partial charge in [-0.15, -0.1) is 0 Å². The fourth-order valence-electron chi connectivity index (χ4n) is 8.10. The molecule has 0 unspecified atom stereocenters. The first kappa shape index (κ1) is 35.0. The highest BCUT2D eigenvalue weighted by Crippen LogP contribution is 2.44. The minimum Gasteiger partial charge on any atom is -0.456 e. The average molecular weight is 769 g/mol. The molecule has 0 radical (unpaired) electrons. The van der Waals surface area contributed by atoms with Gasteiger partial charge in [-0.25, -0.2) is 15.0 Å². The van der Waals surface area contributed by atoms with Gasteiger partial charge in [-0.3, -0.25) is 0 Å². The SMILES string of the molecule is c1ccc(-c2ccc(-c3nc(-c4ccc5ccccc5c4)nc(-c4ccc5c(c4)oc4cccc(N(c6ccccc6)c6ccc(-c7ccccc7)cc6)c45)n3)cc2)cc1. The third kappa shape index (κ3) is 6.54. The first-order valence-electron chi connectivity index (χ1n) is 20.1. The molecule has 9 aromatic carbocycles.